The van der Waals surface area contributed by atoms with Gasteiger partial charge in [0.1, 0.15) is 11.9 Å². The molecule has 1 N–H and O–H groups in total. The summed E-state index contributed by atoms with van der Waals surface area (Å²) in [6, 6.07) is 9.83. The smallest absolute Gasteiger partial charge is 0.326 e. The summed E-state index contributed by atoms with van der Waals surface area (Å²) >= 11 is 6.38. The number of nitrogens with zero attached hydrogens (tertiary/aromatic N) is 4. The van der Waals surface area contributed by atoms with Gasteiger partial charge in [-0.2, -0.15) is 0 Å². The average Bonchev–Trinajstić information content (AvgIpc) is 3.15. The van der Waals surface area contributed by atoms with Crippen LogP contribution in [0, 0.1) is 0 Å². The van der Waals surface area contributed by atoms with Crippen LogP contribution in [0.5, 0.6) is 0 Å². The Bertz CT molecular complexity index is 1070. The molecule has 0 aliphatic heterocycles. The molecular weight excluding hydrogens is 428 g/mol. The van der Waals surface area contributed by atoms with Crippen molar-refractivity contribution in [1.82, 2.24) is 14.5 Å². The Kier molecular flexibility index (Phi) is 8.00. The van der Waals surface area contributed by atoms with E-state index in [4.69, 9.17) is 11.6 Å². The van der Waals surface area contributed by atoms with Crippen LogP contribution >= 0.6 is 11.6 Å². The number of rotatable bonds is 10. The molecule has 0 spiro atoms. The van der Waals surface area contributed by atoms with Gasteiger partial charge in [-0.1, -0.05) is 43.1 Å². The number of aromatic nitrogens is 3. The van der Waals surface area contributed by atoms with Crippen molar-refractivity contribution >= 4 is 29.2 Å². The van der Waals surface area contributed by atoms with Crippen LogP contribution in [0.25, 0.3) is 0 Å². The summed E-state index contributed by atoms with van der Waals surface area (Å²) in [4.78, 5) is 34.9. The highest BCUT2D eigenvalue weighted by Crippen LogP contribution is 2.22. The van der Waals surface area contributed by atoms with E-state index >= 15 is 0 Å². The molecule has 8 heteroatoms. The van der Waals surface area contributed by atoms with E-state index in [-0.39, 0.29) is 12.3 Å². The molecule has 32 heavy (non-hydrogen) atoms. The summed E-state index contributed by atoms with van der Waals surface area (Å²) in [6.45, 7) is 4.10. The highest BCUT2D eigenvalue weighted by molar-refractivity contribution is 6.31. The number of unbranched alkanes of at least 4 members (excludes halogenated alkanes) is 1. The zero-order chi connectivity index (χ0) is 23.1. The summed E-state index contributed by atoms with van der Waals surface area (Å²) in [7, 11) is 0. The van der Waals surface area contributed by atoms with Crippen LogP contribution in [0.3, 0.4) is 0 Å². The molecule has 0 bridgehead atoms. The molecule has 0 radical (unpaired) electrons. The predicted molar refractivity (Wildman–Crippen MR) is 124 cm³/mol. The fourth-order valence-electron chi connectivity index (χ4n) is 3.56. The summed E-state index contributed by atoms with van der Waals surface area (Å²) in [6.07, 6.45) is 7.59. The van der Waals surface area contributed by atoms with Gasteiger partial charge in [-0.05, 0) is 37.1 Å². The van der Waals surface area contributed by atoms with Crippen molar-refractivity contribution in [3.05, 3.63) is 77.1 Å². The number of aryl methyl sites for hydroxylation is 1. The third-order valence-electron chi connectivity index (χ3n) is 5.35. The third-order valence-corrected chi connectivity index (χ3v) is 5.72. The molecule has 0 aliphatic carbocycles. The van der Waals surface area contributed by atoms with Gasteiger partial charge in [-0.15, -0.1) is 0 Å². The van der Waals surface area contributed by atoms with Gasteiger partial charge in [0.25, 0.3) is 0 Å². The van der Waals surface area contributed by atoms with E-state index in [1.54, 1.807) is 18.3 Å². The standard InChI is InChI=1S/C24H27ClN4O3/c1-3-4-9-22-27-15-20(28(22)16-18-7-5-6-8-21(18)25)14-23(30)29(17(2)24(31)32)19-10-12-26-13-11-19/h5-8,10-13,15,17H,3-4,9,14,16H2,1-2H3,(H,31,32)/t17-/m0/s1. The Morgan fingerprint density at radius 3 is 2.56 bits per heavy atom. The minimum absolute atomic E-state index is 0.0174. The van der Waals surface area contributed by atoms with Crippen molar-refractivity contribution in [3.63, 3.8) is 0 Å². The summed E-state index contributed by atoms with van der Waals surface area (Å²) < 4.78 is 2.02. The summed E-state index contributed by atoms with van der Waals surface area (Å²) in [5.74, 6) is -0.520. The number of hydrogen-bond acceptors (Lipinski definition) is 4. The minimum atomic E-state index is -1.08. The van der Waals surface area contributed by atoms with Gasteiger partial charge in [-0.25, -0.2) is 9.78 Å². The summed E-state index contributed by atoms with van der Waals surface area (Å²) in [5, 5.41) is 10.2. The maximum atomic E-state index is 13.3. The van der Waals surface area contributed by atoms with Crippen LogP contribution in [0.1, 0.15) is 43.8 Å². The molecular formula is C24H27ClN4O3. The van der Waals surface area contributed by atoms with Crippen LogP contribution < -0.4 is 4.90 Å². The number of anilines is 1. The second-order valence-corrected chi connectivity index (χ2v) is 8.01. The van der Waals surface area contributed by atoms with Crippen LogP contribution in [-0.2, 0) is 29.0 Å². The fourth-order valence-corrected chi connectivity index (χ4v) is 3.75. The minimum Gasteiger partial charge on any atom is -0.480 e. The molecule has 1 amide bonds. The number of pyridine rings is 1. The molecule has 168 valence electrons. The number of carboxylic acids is 1. The molecule has 2 heterocycles. The SMILES string of the molecule is CCCCc1ncc(CC(=O)N(c2ccncc2)[C@@H](C)C(=O)O)n1Cc1ccccc1Cl. The Labute approximate surface area is 192 Å². The van der Waals surface area contributed by atoms with Gasteiger partial charge in [0.05, 0.1) is 13.0 Å². The van der Waals surface area contributed by atoms with Crippen molar-refractivity contribution in [2.45, 2.75) is 52.1 Å². The van der Waals surface area contributed by atoms with Crippen LogP contribution in [0.2, 0.25) is 5.02 Å². The first-order valence-corrected chi connectivity index (χ1v) is 11.0. The molecule has 2 aromatic heterocycles. The van der Waals surface area contributed by atoms with E-state index in [0.717, 1.165) is 36.3 Å². The molecule has 1 atom stereocenters. The Balaban J connectivity index is 1.94. The topological polar surface area (TPSA) is 88.3 Å². The Hall–Kier alpha value is -3.19. The van der Waals surface area contributed by atoms with Crippen molar-refractivity contribution in [2.75, 3.05) is 4.90 Å². The number of halogens is 1. The van der Waals surface area contributed by atoms with E-state index in [9.17, 15) is 14.7 Å². The second kappa shape index (κ2) is 10.9. The van der Waals surface area contributed by atoms with Gasteiger partial charge in [0.2, 0.25) is 5.91 Å². The molecule has 1 aromatic carbocycles. The molecule has 0 fully saturated rings. The molecule has 3 rings (SSSR count). The van der Waals surface area contributed by atoms with Gasteiger partial charge in [0.15, 0.2) is 0 Å². The van der Waals surface area contributed by atoms with Crippen LogP contribution in [0.4, 0.5) is 5.69 Å². The lowest BCUT2D eigenvalue weighted by Gasteiger charge is -2.27. The molecule has 0 saturated heterocycles. The predicted octanol–water partition coefficient (Wildman–Crippen LogP) is 4.37. The molecule has 3 aromatic rings. The highest BCUT2D eigenvalue weighted by Gasteiger charge is 2.28. The number of carbonyl (C=O) groups is 2. The van der Waals surface area contributed by atoms with E-state index in [1.807, 2.05) is 28.8 Å². The second-order valence-electron chi connectivity index (χ2n) is 7.61. The van der Waals surface area contributed by atoms with Gasteiger partial charge >= 0.3 is 5.97 Å². The number of benzene rings is 1. The van der Waals surface area contributed by atoms with E-state index in [0.29, 0.717) is 17.3 Å². The number of carbonyl (C=O) groups excluding carboxylic acids is 1. The van der Waals surface area contributed by atoms with Gasteiger partial charge < -0.3 is 9.67 Å². The number of carboxylic acid groups (broad SMARTS) is 1. The first-order valence-electron chi connectivity index (χ1n) is 10.6. The van der Waals surface area contributed by atoms with Crippen molar-refractivity contribution < 1.29 is 14.7 Å². The van der Waals surface area contributed by atoms with Crippen molar-refractivity contribution in [1.29, 1.82) is 0 Å². The molecule has 0 aliphatic rings. The lowest BCUT2D eigenvalue weighted by Crippen LogP contribution is -2.44. The molecule has 0 unspecified atom stereocenters. The first-order chi connectivity index (χ1) is 15.4. The Morgan fingerprint density at radius 2 is 1.91 bits per heavy atom. The zero-order valence-corrected chi connectivity index (χ0v) is 19.0. The normalized spacial score (nSPS) is 11.8. The van der Waals surface area contributed by atoms with E-state index < -0.39 is 12.0 Å². The summed E-state index contributed by atoms with van der Waals surface area (Å²) in [5.41, 5.74) is 2.14. The van der Waals surface area contributed by atoms with E-state index in [1.165, 1.54) is 24.2 Å². The van der Waals surface area contributed by atoms with Crippen molar-refractivity contribution in [2.24, 2.45) is 0 Å². The van der Waals surface area contributed by atoms with Crippen LogP contribution in [0.15, 0.2) is 55.0 Å². The number of amides is 1. The highest BCUT2D eigenvalue weighted by atomic mass is 35.5. The zero-order valence-electron chi connectivity index (χ0n) is 18.2. The average molecular weight is 455 g/mol. The van der Waals surface area contributed by atoms with Gasteiger partial charge in [-0.3, -0.25) is 14.7 Å². The number of imidazole rings is 1. The van der Waals surface area contributed by atoms with Gasteiger partial charge in [0, 0.05) is 41.4 Å². The van der Waals surface area contributed by atoms with Crippen LogP contribution in [-0.4, -0.2) is 37.6 Å². The number of aliphatic carboxylic acids is 1. The third kappa shape index (κ3) is 5.53. The largest absolute Gasteiger partial charge is 0.480 e. The lowest BCUT2D eigenvalue weighted by atomic mass is 10.1. The van der Waals surface area contributed by atoms with Crippen molar-refractivity contribution in [3.8, 4) is 0 Å². The fraction of sp³-hybridized carbons (Fsp3) is 0.333. The quantitative estimate of drug-likeness (QED) is 0.491. The maximum absolute atomic E-state index is 13.3. The number of hydrogen-bond donors (Lipinski definition) is 1. The first kappa shape index (κ1) is 23.5. The monoisotopic (exact) mass is 454 g/mol. The maximum Gasteiger partial charge on any atom is 0.326 e. The lowest BCUT2D eigenvalue weighted by molar-refractivity contribution is -0.139. The molecule has 7 nitrogen and oxygen atoms in total. The molecule has 0 saturated carbocycles. The Morgan fingerprint density at radius 1 is 1.19 bits per heavy atom. The van der Waals surface area contributed by atoms with E-state index in [2.05, 4.69) is 16.9 Å².